The molecule has 3 rings (SSSR count). The Hall–Kier alpha value is -3.18. The molecule has 27 heavy (non-hydrogen) atoms. The molecule has 0 saturated carbocycles. The van der Waals surface area contributed by atoms with Gasteiger partial charge in [-0.3, -0.25) is 5.43 Å². The van der Waals surface area contributed by atoms with Gasteiger partial charge in [-0.15, -0.1) is 0 Å². The standard InChI is InChI=1S/C22H21N3OS/c1-17-10-12-18(13-11-17)16-26-21-9-5-6-19(14-21)15-23-25-22(27)24-20-7-3-2-4-8-20/h2-15H,16H2,1H3,(H2,24,25,27)/b23-15+. The van der Waals surface area contributed by atoms with Crippen molar-refractivity contribution in [3.8, 4) is 5.75 Å². The van der Waals surface area contributed by atoms with Crippen molar-refractivity contribution in [1.82, 2.24) is 5.43 Å². The SMILES string of the molecule is Cc1ccc(COc2cccc(/C=N/NC(=S)Nc3ccccc3)c2)cc1. The van der Waals surface area contributed by atoms with E-state index in [9.17, 15) is 0 Å². The second-order valence-electron chi connectivity index (χ2n) is 6.04. The van der Waals surface area contributed by atoms with Crippen LogP contribution in [0, 0.1) is 6.92 Å². The fraction of sp³-hybridized carbons (Fsp3) is 0.0909. The molecule has 0 aromatic heterocycles. The number of thiocarbonyl (C=S) groups is 1. The van der Waals surface area contributed by atoms with Crippen molar-refractivity contribution in [3.05, 3.63) is 95.6 Å². The number of benzene rings is 3. The molecule has 0 bridgehead atoms. The molecular formula is C22H21N3OS. The maximum Gasteiger partial charge on any atom is 0.191 e. The van der Waals surface area contributed by atoms with Gasteiger partial charge in [0.05, 0.1) is 6.21 Å². The van der Waals surface area contributed by atoms with Gasteiger partial charge in [0.1, 0.15) is 12.4 Å². The normalized spacial score (nSPS) is 10.6. The first-order chi connectivity index (χ1) is 13.2. The molecule has 0 unspecified atom stereocenters. The van der Waals surface area contributed by atoms with E-state index in [1.54, 1.807) is 6.21 Å². The molecule has 0 heterocycles. The lowest BCUT2D eigenvalue weighted by molar-refractivity contribution is 0.306. The van der Waals surface area contributed by atoms with Gasteiger partial charge in [-0.2, -0.15) is 5.10 Å². The summed E-state index contributed by atoms with van der Waals surface area (Å²) in [4.78, 5) is 0. The molecule has 4 nitrogen and oxygen atoms in total. The molecule has 2 N–H and O–H groups in total. The quantitative estimate of drug-likeness (QED) is 0.366. The summed E-state index contributed by atoms with van der Waals surface area (Å²) in [6.45, 7) is 2.60. The van der Waals surface area contributed by atoms with E-state index in [4.69, 9.17) is 17.0 Å². The zero-order chi connectivity index (χ0) is 18.9. The zero-order valence-corrected chi connectivity index (χ0v) is 15.9. The number of nitrogens with one attached hydrogen (secondary N) is 2. The monoisotopic (exact) mass is 375 g/mol. The number of aryl methyl sites for hydroxylation is 1. The third-order valence-corrected chi connectivity index (χ3v) is 3.99. The summed E-state index contributed by atoms with van der Waals surface area (Å²) in [6, 6.07) is 25.8. The summed E-state index contributed by atoms with van der Waals surface area (Å²) in [5, 5.41) is 7.67. The fourth-order valence-corrected chi connectivity index (χ4v) is 2.55. The Kier molecular flexibility index (Phi) is 6.55. The van der Waals surface area contributed by atoms with Crippen LogP contribution in [0.2, 0.25) is 0 Å². The number of hydrazone groups is 1. The van der Waals surface area contributed by atoms with Crippen LogP contribution in [0.5, 0.6) is 5.75 Å². The largest absolute Gasteiger partial charge is 0.489 e. The van der Waals surface area contributed by atoms with Crippen LogP contribution in [0.3, 0.4) is 0 Å². The summed E-state index contributed by atoms with van der Waals surface area (Å²) in [5.41, 5.74) is 7.02. The molecular weight excluding hydrogens is 354 g/mol. The highest BCUT2D eigenvalue weighted by Gasteiger charge is 1.98. The van der Waals surface area contributed by atoms with Gasteiger partial charge < -0.3 is 10.1 Å². The third kappa shape index (κ3) is 6.24. The smallest absolute Gasteiger partial charge is 0.191 e. The van der Waals surface area contributed by atoms with Gasteiger partial charge in [-0.25, -0.2) is 0 Å². The zero-order valence-electron chi connectivity index (χ0n) is 15.1. The molecule has 0 fully saturated rings. The van der Waals surface area contributed by atoms with Crippen LogP contribution in [0.15, 0.2) is 84.0 Å². The first-order valence-corrected chi connectivity index (χ1v) is 9.03. The molecule has 136 valence electrons. The lowest BCUT2D eigenvalue weighted by atomic mass is 10.2. The minimum Gasteiger partial charge on any atom is -0.489 e. The highest BCUT2D eigenvalue weighted by Crippen LogP contribution is 2.14. The predicted molar refractivity (Wildman–Crippen MR) is 115 cm³/mol. The topological polar surface area (TPSA) is 45.6 Å². The second-order valence-corrected chi connectivity index (χ2v) is 6.45. The first-order valence-electron chi connectivity index (χ1n) is 8.62. The number of hydrogen-bond donors (Lipinski definition) is 2. The number of nitrogens with zero attached hydrogens (tertiary/aromatic N) is 1. The Morgan fingerprint density at radius 3 is 2.56 bits per heavy atom. The highest BCUT2D eigenvalue weighted by molar-refractivity contribution is 7.80. The summed E-state index contributed by atoms with van der Waals surface area (Å²) in [6.07, 6.45) is 1.71. The molecule has 0 saturated heterocycles. The van der Waals surface area contributed by atoms with Gasteiger partial charge in [0.2, 0.25) is 0 Å². The van der Waals surface area contributed by atoms with Gasteiger partial charge in [0.25, 0.3) is 0 Å². The number of rotatable bonds is 6. The Morgan fingerprint density at radius 2 is 1.78 bits per heavy atom. The molecule has 0 aliphatic rings. The van der Waals surface area contributed by atoms with E-state index in [1.165, 1.54) is 5.56 Å². The molecule has 0 atom stereocenters. The van der Waals surface area contributed by atoms with E-state index < -0.39 is 0 Å². The maximum atomic E-state index is 5.86. The Labute approximate surface area is 164 Å². The first kappa shape index (κ1) is 18.6. The molecule has 0 radical (unpaired) electrons. The van der Waals surface area contributed by atoms with E-state index in [0.29, 0.717) is 11.7 Å². The van der Waals surface area contributed by atoms with Crippen LogP contribution >= 0.6 is 12.2 Å². The van der Waals surface area contributed by atoms with Crippen LogP contribution in [0.25, 0.3) is 0 Å². The lowest BCUT2D eigenvalue weighted by Gasteiger charge is -2.08. The number of hydrogen-bond acceptors (Lipinski definition) is 3. The molecule has 3 aromatic rings. The molecule has 0 aliphatic heterocycles. The second kappa shape index (κ2) is 9.50. The Bertz CT molecular complexity index is 908. The highest BCUT2D eigenvalue weighted by atomic mass is 32.1. The Morgan fingerprint density at radius 1 is 1.00 bits per heavy atom. The molecule has 0 aliphatic carbocycles. The van der Waals surface area contributed by atoms with Crippen molar-refractivity contribution in [1.29, 1.82) is 0 Å². The van der Waals surface area contributed by atoms with Crippen molar-refractivity contribution in [2.24, 2.45) is 5.10 Å². The van der Waals surface area contributed by atoms with Crippen LogP contribution in [0.4, 0.5) is 5.69 Å². The van der Waals surface area contributed by atoms with Crippen molar-refractivity contribution in [3.63, 3.8) is 0 Å². The van der Waals surface area contributed by atoms with Crippen LogP contribution < -0.4 is 15.5 Å². The summed E-state index contributed by atoms with van der Waals surface area (Å²) < 4.78 is 5.86. The van der Waals surface area contributed by atoms with Gasteiger partial charge in [-0.05, 0) is 54.5 Å². The van der Waals surface area contributed by atoms with E-state index in [-0.39, 0.29) is 0 Å². The third-order valence-electron chi connectivity index (χ3n) is 3.80. The van der Waals surface area contributed by atoms with E-state index >= 15 is 0 Å². The lowest BCUT2D eigenvalue weighted by Crippen LogP contribution is -2.23. The number of anilines is 1. The van der Waals surface area contributed by atoms with Crippen LogP contribution in [0.1, 0.15) is 16.7 Å². The summed E-state index contributed by atoms with van der Waals surface area (Å²) in [7, 11) is 0. The average Bonchev–Trinajstić information content (AvgIpc) is 2.69. The van der Waals surface area contributed by atoms with Gasteiger partial charge >= 0.3 is 0 Å². The minimum absolute atomic E-state index is 0.434. The summed E-state index contributed by atoms with van der Waals surface area (Å²) >= 11 is 5.22. The van der Waals surface area contributed by atoms with Crippen LogP contribution in [-0.4, -0.2) is 11.3 Å². The maximum absolute atomic E-state index is 5.86. The molecule has 3 aromatic carbocycles. The van der Waals surface area contributed by atoms with Gasteiger partial charge in [0.15, 0.2) is 5.11 Å². The number of para-hydroxylation sites is 1. The predicted octanol–water partition coefficient (Wildman–Crippen LogP) is 4.89. The average molecular weight is 375 g/mol. The molecule has 0 amide bonds. The Balaban J connectivity index is 1.51. The van der Waals surface area contributed by atoms with E-state index in [0.717, 1.165) is 22.6 Å². The van der Waals surface area contributed by atoms with Crippen LogP contribution in [-0.2, 0) is 6.61 Å². The van der Waals surface area contributed by atoms with Gasteiger partial charge in [0, 0.05) is 5.69 Å². The van der Waals surface area contributed by atoms with Crippen molar-refractivity contribution in [2.45, 2.75) is 13.5 Å². The van der Waals surface area contributed by atoms with Gasteiger partial charge in [-0.1, -0.05) is 60.2 Å². The summed E-state index contributed by atoms with van der Waals surface area (Å²) in [5.74, 6) is 0.796. The van der Waals surface area contributed by atoms with Crippen molar-refractivity contribution in [2.75, 3.05) is 5.32 Å². The fourth-order valence-electron chi connectivity index (χ4n) is 2.38. The molecule has 5 heteroatoms. The molecule has 0 spiro atoms. The number of ether oxygens (including phenoxy) is 1. The minimum atomic E-state index is 0.434. The van der Waals surface area contributed by atoms with E-state index in [2.05, 4.69) is 47.0 Å². The van der Waals surface area contributed by atoms with Crippen molar-refractivity contribution < 1.29 is 4.74 Å². The van der Waals surface area contributed by atoms with E-state index in [1.807, 2.05) is 54.6 Å². The van der Waals surface area contributed by atoms with Crippen molar-refractivity contribution >= 4 is 29.2 Å².